The summed E-state index contributed by atoms with van der Waals surface area (Å²) in [6.07, 6.45) is 1.25. The first kappa shape index (κ1) is 27.9. The molecule has 0 spiro atoms. The van der Waals surface area contributed by atoms with Gasteiger partial charge in [-0.1, -0.05) is 19.1 Å². The number of rotatable bonds is 5. The van der Waals surface area contributed by atoms with Gasteiger partial charge in [0.2, 0.25) is 12.1 Å². The van der Waals surface area contributed by atoms with Crippen LogP contribution in [0.3, 0.4) is 0 Å². The maximum absolute atomic E-state index is 14.2. The van der Waals surface area contributed by atoms with E-state index in [1.807, 2.05) is 12.1 Å². The van der Waals surface area contributed by atoms with Crippen LogP contribution in [-0.2, 0) is 17.6 Å². The number of fused-ring (bicyclic) bond motifs is 1. The topological polar surface area (TPSA) is 103 Å². The average Bonchev–Trinajstić information content (AvgIpc) is 3.52. The van der Waals surface area contributed by atoms with E-state index in [0.717, 1.165) is 35.4 Å². The second-order valence-corrected chi connectivity index (χ2v) is 12.3. The Morgan fingerprint density at radius 3 is 2.58 bits per heavy atom. The van der Waals surface area contributed by atoms with Crippen LogP contribution >= 0.6 is 15.9 Å². The van der Waals surface area contributed by atoms with Crippen LogP contribution < -0.4 is 10.7 Å². The summed E-state index contributed by atoms with van der Waals surface area (Å²) < 4.78 is 29.3. The van der Waals surface area contributed by atoms with Crippen LogP contribution in [0.15, 0.2) is 57.4 Å². The zero-order chi connectivity index (χ0) is 30.0. The van der Waals surface area contributed by atoms with E-state index in [4.69, 9.17) is 5.10 Å². The van der Waals surface area contributed by atoms with E-state index in [-0.39, 0.29) is 40.4 Å². The van der Waals surface area contributed by atoms with Gasteiger partial charge >= 0.3 is 0 Å². The zero-order valence-electron chi connectivity index (χ0n) is 23.2. The molecule has 2 aromatic carbocycles. The van der Waals surface area contributed by atoms with E-state index in [0.29, 0.717) is 42.0 Å². The second-order valence-electron chi connectivity index (χ2n) is 11.4. The number of phenols is 1. The van der Waals surface area contributed by atoms with Crippen LogP contribution in [0.5, 0.6) is 5.75 Å². The molecule has 1 N–H and O–H groups in total. The molecule has 222 valence electrons. The molecule has 3 aromatic rings. The van der Waals surface area contributed by atoms with E-state index < -0.39 is 18.6 Å². The molecule has 7 rings (SSSR count). The molecule has 2 atom stereocenters. The van der Waals surface area contributed by atoms with Crippen LogP contribution in [-0.4, -0.2) is 68.7 Å². The predicted molar refractivity (Wildman–Crippen MR) is 156 cm³/mol. The summed E-state index contributed by atoms with van der Waals surface area (Å²) in [6.45, 7) is 4.54. The molecule has 1 aromatic heterocycles. The lowest BCUT2D eigenvalue weighted by atomic mass is 9.80. The number of alkyl halides is 2. The van der Waals surface area contributed by atoms with Gasteiger partial charge in [0.25, 0.3) is 12.3 Å². The number of phenolic OH excluding ortho intramolecular Hbond substituents is 1. The van der Waals surface area contributed by atoms with Gasteiger partial charge in [-0.3, -0.25) is 9.59 Å². The summed E-state index contributed by atoms with van der Waals surface area (Å²) in [6, 6.07) is 8.42. The summed E-state index contributed by atoms with van der Waals surface area (Å²) in [5.74, 6) is -0.00538. The Morgan fingerprint density at radius 1 is 1.09 bits per heavy atom. The van der Waals surface area contributed by atoms with Gasteiger partial charge in [0.1, 0.15) is 16.8 Å². The molecule has 1 fully saturated rings. The Balaban J connectivity index is 1.31. The standard InChI is InChI=1S/C31H29BrF2N6O3/c1-2-25(42)38-12-10-20-26-22(40(37-20)21-9-6-17(14-24(21)41)16-4-3-5-16)11-13-39(23(26)15-38)31(43)18-7-8-19(32)28-27(18)35-30(36-28)29(33)34/h2,6-9,14,16,23,29-30,41H,1,3-5,10-13,15H2. The third kappa shape index (κ3) is 4.57. The molecule has 4 aliphatic rings. The number of carbonyl (C=O) groups excluding carboxylic acids is 2. The number of hydrogen-bond donors (Lipinski definition) is 1. The molecule has 4 heterocycles. The van der Waals surface area contributed by atoms with Gasteiger partial charge in [-0.2, -0.15) is 5.10 Å². The van der Waals surface area contributed by atoms with Gasteiger partial charge in [0.15, 0.2) is 0 Å². The molecule has 9 nitrogen and oxygen atoms in total. The Morgan fingerprint density at radius 2 is 1.88 bits per heavy atom. The number of aromatic nitrogens is 2. The number of amides is 2. The van der Waals surface area contributed by atoms with Gasteiger partial charge in [0.05, 0.1) is 28.4 Å². The van der Waals surface area contributed by atoms with E-state index in [2.05, 4.69) is 38.6 Å². The van der Waals surface area contributed by atoms with Gasteiger partial charge in [-0.25, -0.2) is 23.4 Å². The van der Waals surface area contributed by atoms with Crippen LogP contribution in [0.25, 0.3) is 5.69 Å². The van der Waals surface area contributed by atoms with E-state index in [1.165, 1.54) is 12.5 Å². The molecule has 3 aliphatic heterocycles. The van der Waals surface area contributed by atoms with Gasteiger partial charge < -0.3 is 14.9 Å². The molecule has 1 aliphatic carbocycles. The van der Waals surface area contributed by atoms with Crippen molar-refractivity contribution in [3.8, 4) is 11.4 Å². The maximum atomic E-state index is 14.2. The minimum Gasteiger partial charge on any atom is -0.506 e. The van der Waals surface area contributed by atoms with Crippen molar-refractivity contribution < 1.29 is 23.5 Å². The summed E-state index contributed by atoms with van der Waals surface area (Å²) >= 11 is 3.35. The third-order valence-electron chi connectivity index (χ3n) is 9.04. The highest BCUT2D eigenvalue weighted by atomic mass is 79.9. The largest absolute Gasteiger partial charge is 0.506 e. The molecule has 0 radical (unpaired) electrons. The summed E-state index contributed by atoms with van der Waals surface area (Å²) in [4.78, 5) is 38.5. The maximum Gasteiger partial charge on any atom is 0.280 e. The lowest BCUT2D eigenvalue weighted by molar-refractivity contribution is -0.126. The molecular formula is C31H29BrF2N6O3. The van der Waals surface area contributed by atoms with Crippen molar-refractivity contribution in [2.24, 2.45) is 9.98 Å². The van der Waals surface area contributed by atoms with Crippen molar-refractivity contribution in [1.82, 2.24) is 19.6 Å². The highest BCUT2D eigenvalue weighted by Crippen LogP contribution is 2.41. The zero-order valence-corrected chi connectivity index (χ0v) is 24.8. The number of aromatic hydroxyl groups is 1. The van der Waals surface area contributed by atoms with Crippen LogP contribution in [0.4, 0.5) is 8.78 Å². The van der Waals surface area contributed by atoms with Crippen LogP contribution in [0.2, 0.25) is 0 Å². The Hall–Kier alpha value is -3.93. The summed E-state index contributed by atoms with van der Waals surface area (Å²) in [5, 5.41) is 16.4. The molecule has 43 heavy (non-hydrogen) atoms. The lowest BCUT2D eigenvalue weighted by Crippen LogP contribution is -2.47. The van der Waals surface area contributed by atoms with Crippen molar-refractivity contribution in [1.29, 1.82) is 0 Å². The van der Waals surface area contributed by atoms with E-state index >= 15 is 0 Å². The van der Waals surface area contributed by atoms with E-state index in [9.17, 15) is 23.5 Å². The fourth-order valence-electron chi connectivity index (χ4n) is 6.62. The second kappa shape index (κ2) is 10.7. The summed E-state index contributed by atoms with van der Waals surface area (Å²) in [5.41, 5.74) is 4.35. The number of hydrogen-bond acceptors (Lipinski definition) is 6. The van der Waals surface area contributed by atoms with Gasteiger partial charge in [-0.15, -0.1) is 0 Å². The molecule has 0 saturated heterocycles. The summed E-state index contributed by atoms with van der Waals surface area (Å²) in [7, 11) is 0. The van der Waals surface area contributed by atoms with Crippen molar-refractivity contribution in [3.05, 3.63) is 86.3 Å². The first-order valence-corrected chi connectivity index (χ1v) is 15.2. The molecule has 12 heteroatoms. The van der Waals surface area contributed by atoms with Crippen LogP contribution in [0, 0.1) is 0 Å². The van der Waals surface area contributed by atoms with Gasteiger partial charge in [-0.05, 0) is 70.6 Å². The quantitative estimate of drug-likeness (QED) is 0.425. The fraction of sp³-hybridized carbons (Fsp3) is 0.387. The van der Waals surface area contributed by atoms with Crippen molar-refractivity contribution >= 4 is 27.7 Å². The van der Waals surface area contributed by atoms with Crippen molar-refractivity contribution in [3.63, 3.8) is 0 Å². The normalized spacial score (nSPS) is 20.9. The first-order chi connectivity index (χ1) is 20.7. The monoisotopic (exact) mass is 650 g/mol. The SMILES string of the molecule is C=CC(=O)N1CCc2nn(-c3ccc(C4CCC4)cc3O)c3c2C(C1)N(C(=O)c1ccc(Br)c2c1=NC(C(F)F)N=2)CC3. The van der Waals surface area contributed by atoms with Gasteiger partial charge in [0, 0.05) is 42.5 Å². The smallest absolute Gasteiger partial charge is 0.280 e. The highest BCUT2D eigenvalue weighted by Gasteiger charge is 2.41. The molecule has 2 unspecified atom stereocenters. The van der Waals surface area contributed by atoms with E-state index in [1.54, 1.807) is 26.6 Å². The van der Waals surface area contributed by atoms with Crippen molar-refractivity contribution in [2.45, 2.75) is 56.7 Å². The molecule has 2 amide bonds. The third-order valence-corrected chi connectivity index (χ3v) is 9.68. The minimum atomic E-state index is -2.80. The number of benzene rings is 2. The number of carbonyl (C=O) groups is 2. The Kier molecular flexibility index (Phi) is 6.91. The Bertz CT molecular complexity index is 1800. The van der Waals surface area contributed by atoms with Crippen LogP contribution in [0.1, 0.15) is 64.1 Å². The minimum absolute atomic E-state index is 0.135. The Labute approximate surface area is 254 Å². The number of nitrogens with zero attached hydrogens (tertiary/aromatic N) is 6. The molecular weight excluding hydrogens is 622 g/mol. The fourth-order valence-corrected chi connectivity index (χ4v) is 7.05. The highest BCUT2D eigenvalue weighted by molar-refractivity contribution is 9.10. The molecule has 1 saturated carbocycles. The average molecular weight is 652 g/mol. The van der Waals surface area contributed by atoms with Crippen molar-refractivity contribution in [2.75, 3.05) is 19.6 Å². The number of halogens is 3. The molecule has 0 bridgehead atoms. The first-order valence-electron chi connectivity index (χ1n) is 14.4. The lowest BCUT2D eigenvalue weighted by Gasteiger charge is -2.38. The predicted octanol–water partition coefficient (Wildman–Crippen LogP) is 3.76.